The zero-order valence-corrected chi connectivity index (χ0v) is 14.1. The van der Waals surface area contributed by atoms with Gasteiger partial charge in [0.2, 0.25) is 0 Å². The van der Waals surface area contributed by atoms with Crippen LogP contribution in [0.2, 0.25) is 0 Å². The van der Waals surface area contributed by atoms with Crippen LogP contribution in [0, 0.1) is 19.8 Å². The number of hydrogen-bond donors (Lipinski definition) is 2. The van der Waals surface area contributed by atoms with Crippen molar-refractivity contribution in [3.8, 4) is 0 Å². The van der Waals surface area contributed by atoms with Crippen molar-refractivity contribution >= 4 is 23.5 Å². The third-order valence-corrected chi connectivity index (χ3v) is 3.16. The van der Waals surface area contributed by atoms with Crippen molar-refractivity contribution in [3.63, 3.8) is 0 Å². The quantitative estimate of drug-likeness (QED) is 0.498. The van der Waals surface area contributed by atoms with E-state index in [2.05, 4.69) is 54.2 Å². The first-order valence-corrected chi connectivity index (χ1v) is 7.48. The fraction of sp³-hybridized carbons (Fsp3) is 0.600. The third-order valence-electron chi connectivity index (χ3n) is 2.95. The van der Waals surface area contributed by atoms with Crippen LogP contribution in [0.5, 0.6) is 0 Å². The van der Waals surface area contributed by atoms with E-state index in [1.807, 2.05) is 20.1 Å². The summed E-state index contributed by atoms with van der Waals surface area (Å²) in [6.07, 6.45) is 1.83. The molecule has 0 aliphatic carbocycles. The first-order valence-electron chi connectivity index (χ1n) is 7.07. The molecule has 1 heterocycles. The third kappa shape index (κ3) is 4.96. The summed E-state index contributed by atoms with van der Waals surface area (Å²) in [6, 6.07) is 2.46. The van der Waals surface area contributed by atoms with Crippen molar-refractivity contribution in [3.05, 3.63) is 23.0 Å². The number of aromatic nitrogens is 1. The summed E-state index contributed by atoms with van der Waals surface area (Å²) in [6.45, 7) is 13.8. The van der Waals surface area contributed by atoms with E-state index in [4.69, 9.17) is 12.2 Å². The molecule has 2 N–H and O–H groups in total. The Balaban J connectivity index is 2.71. The SMILES string of the molecule is Cc1cc(C=NNC(=S)NC(C)C)c(C)n1CC(C)C. The molecule has 0 saturated heterocycles. The van der Waals surface area contributed by atoms with Crippen LogP contribution in [0.1, 0.15) is 44.6 Å². The Hall–Kier alpha value is -1.36. The Bertz CT molecular complexity index is 486. The van der Waals surface area contributed by atoms with Crippen molar-refractivity contribution in [1.82, 2.24) is 15.3 Å². The van der Waals surface area contributed by atoms with Crippen LogP contribution in [-0.4, -0.2) is 21.9 Å². The van der Waals surface area contributed by atoms with Crippen LogP contribution in [0.3, 0.4) is 0 Å². The van der Waals surface area contributed by atoms with Gasteiger partial charge in [-0.25, -0.2) is 0 Å². The topological polar surface area (TPSA) is 41.4 Å². The molecule has 1 aromatic heterocycles. The predicted molar refractivity (Wildman–Crippen MR) is 90.3 cm³/mol. The Morgan fingerprint density at radius 2 is 2.00 bits per heavy atom. The second-order valence-corrected chi connectivity index (χ2v) is 6.24. The van der Waals surface area contributed by atoms with Gasteiger partial charge in [0, 0.05) is 29.5 Å². The van der Waals surface area contributed by atoms with Crippen LogP contribution in [0.15, 0.2) is 11.2 Å². The highest BCUT2D eigenvalue weighted by molar-refractivity contribution is 7.80. The highest BCUT2D eigenvalue weighted by Gasteiger charge is 2.08. The minimum atomic E-state index is 0.307. The molecule has 0 fully saturated rings. The van der Waals surface area contributed by atoms with Gasteiger partial charge in [0.1, 0.15) is 0 Å². The number of hydrazone groups is 1. The number of nitrogens with zero attached hydrogens (tertiary/aromatic N) is 2. The number of thiocarbonyl (C=S) groups is 1. The molecule has 0 aliphatic heterocycles. The lowest BCUT2D eigenvalue weighted by Crippen LogP contribution is -2.36. The maximum Gasteiger partial charge on any atom is 0.187 e. The second kappa shape index (κ2) is 7.43. The summed E-state index contributed by atoms with van der Waals surface area (Å²) < 4.78 is 2.33. The smallest absolute Gasteiger partial charge is 0.187 e. The molecule has 0 radical (unpaired) electrons. The molecule has 5 heteroatoms. The number of aryl methyl sites for hydroxylation is 1. The first kappa shape index (κ1) is 16.7. The Morgan fingerprint density at radius 3 is 2.55 bits per heavy atom. The molecule has 20 heavy (non-hydrogen) atoms. The summed E-state index contributed by atoms with van der Waals surface area (Å²) >= 11 is 5.13. The van der Waals surface area contributed by atoms with Crippen molar-refractivity contribution < 1.29 is 0 Å². The molecule has 0 saturated carbocycles. The van der Waals surface area contributed by atoms with E-state index in [0.717, 1.165) is 12.1 Å². The highest BCUT2D eigenvalue weighted by atomic mass is 32.1. The second-order valence-electron chi connectivity index (χ2n) is 5.83. The van der Waals surface area contributed by atoms with Crippen molar-refractivity contribution in [2.24, 2.45) is 11.0 Å². The van der Waals surface area contributed by atoms with Gasteiger partial charge in [-0.1, -0.05) is 13.8 Å². The molecule has 0 unspecified atom stereocenters. The Morgan fingerprint density at radius 1 is 1.35 bits per heavy atom. The molecular weight excluding hydrogens is 268 g/mol. The van der Waals surface area contributed by atoms with Gasteiger partial charge in [-0.2, -0.15) is 5.10 Å². The molecule has 1 aromatic rings. The van der Waals surface area contributed by atoms with Crippen LogP contribution in [-0.2, 0) is 6.54 Å². The van der Waals surface area contributed by atoms with Crippen molar-refractivity contribution in [1.29, 1.82) is 0 Å². The number of hydrogen-bond acceptors (Lipinski definition) is 2. The van der Waals surface area contributed by atoms with E-state index in [0.29, 0.717) is 17.1 Å². The van der Waals surface area contributed by atoms with Crippen LogP contribution < -0.4 is 10.7 Å². The average molecular weight is 294 g/mol. The average Bonchev–Trinajstić information content (AvgIpc) is 2.55. The maximum atomic E-state index is 5.13. The van der Waals surface area contributed by atoms with Gasteiger partial charge in [-0.3, -0.25) is 5.43 Å². The lowest BCUT2D eigenvalue weighted by molar-refractivity contribution is 0.509. The molecular formula is C15H26N4S. The van der Waals surface area contributed by atoms with E-state index >= 15 is 0 Å². The van der Waals surface area contributed by atoms with Gasteiger partial charge in [-0.15, -0.1) is 0 Å². The first-order chi connectivity index (χ1) is 9.31. The van der Waals surface area contributed by atoms with Crippen LogP contribution in [0.25, 0.3) is 0 Å². The lowest BCUT2D eigenvalue weighted by atomic mass is 10.2. The zero-order valence-electron chi connectivity index (χ0n) is 13.3. The fourth-order valence-electron chi connectivity index (χ4n) is 2.06. The minimum absolute atomic E-state index is 0.307. The largest absolute Gasteiger partial charge is 0.359 e. The molecule has 112 valence electrons. The molecule has 0 atom stereocenters. The standard InChI is InChI=1S/C15H26N4S/c1-10(2)9-19-12(5)7-14(13(19)6)8-16-18-15(20)17-11(3)4/h7-8,10-11H,9H2,1-6H3,(H2,17,18,20). The Labute approximate surface area is 127 Å². The van der Waals surface area contributed by atoms with Gasteiger partial charge in [0.05, 0.1) is 6.21 Å². The summed E-state index contributed by atoms with van der Waals surface area (Å²) in [5, 5.41) is 7.83. The van der Waals surface area contributed by atoms with Crippen LogP contribution >= 0.6 is 12.2 Å². The number of rotatable bonds is 5. The summed E-state index contributed by atoms with van der Waals surface area (Å²) in [5.74, 6) is 0.630. The van der Waals surface area contributed by atoms with Gasteiger partial charge >= 0.3 is 0 Å². The van der Waals surface area contributed by atoms with Gasteiger partial charge in [-0.05, 0) is 51.9 Å². The van der Waals surface area contributed by atoms with E-state index in [9.17, 15) is 0 Å². The molecule has 0 aromatic carbocycles. The molecule has 0 spiro atoms. The molecule has 0 amide bonds. The van der Waals surface area contributed by atoms with Gasteiger partial charge in [0.15, 0.2) is 5.11 Å². The normalized spacial score (nSPS) is 11.6. The molecule has 0 bridgehead atoms. The van der Waals surface area contributed by atoms with Crippen molar-refractivity contribution in [2.75, 3.05) is 0 Å². The van der Waals surface area contributed by atoms with Crippen LogP contribution in [0.4, 0.5) is 0 Å². The number of nitrogens with one attached hydrogen (secondary N) is 2. The predicted octanol–water partition coefficient (Wildman–Crippen LogP) is 2.97. The molecule has 0 aliphatic rings. The zero-order chi connectivity index (χ0) is 15.3. The summed E-state index contributed by atoms with van der Waals surface area (Å²) in [4.78, 5) is 0. The Kier molecular flexibility index (Phi) is 6.20. The van der Waals surface area contributed by atoms with E-state index in [-0.39, 0.29) is 0 Å². The van der Waals surface area contributed by atoms with E-state index in [1.165, 1.54) is 11.4 Å². The fourth-order valence-corrected chi connectivity index (χ4v) is 2.35. The van der Waals surface area contributed by atoms with E-state index < -0.39 is 0 Å². The summed E-state index contributed by atoms with van der Waals surface area (Å²) in [5.41, 5.74) is 6.47. The highest BCUT2D eigenvalue weighted by Crippen LogP contribution is 2.15. The molecule has 1 rings (SSSR count). The monoisotopic (exact) mass is 294 g/mol. The maximum absolute atomic E-state index is 5.13. The van der Waals surface area contributed by atoms with Crippen molar-refractivity contribution in [2.45, 2.75) is 54.1 Å². The lowest BCUT2D eigenvalue weighted by Gasteiger charge is -2.12. The van der Waals surface area contributed by atoms with Gasteiger partial charge < -0.3 is 9.88 Å². The minimum Gasteiger partial charge on any atom is -0.359 e. The van der Waals surface area contributed by atoms with E-state index in [1.54, 1.807) is 0 Å². The summed E-state index contributed by atoms with van der Waals surface area (Å²) in [7, 11) is 0. The van der Waals surface area contributed by atoms with Gasteiger partial charge in [0.25, 0.3) is 0 Å². The molecule has 4 nitrogen and oxygen atoms in total.